The van der Waals surface area contributed by atoms with E-state index in [9.17, 15) is 0 Å². The number of nitrogen functional groups attached to an aromatic ring is 1. The van der Waals surface area contributed by atoms with Gasteiger partial charge in [-0.2, -0.15) is 0 Å². The van der Waals surface area contributed by atoms with Crippen LogP contribution in [0, 0.1) is 0 Å². The molecule has 0 saturated heterocycles. The van der Waals surface area contributed by atoms with Crippen LogP contribution in [0.4, 0.5) is 22.7 Å². The molecule has 0 radical (unpaired) electrons. The van der Waals surface area contributed by atoms with E-state index in [1.54, 1.807) is 0 Å². The van der Waals surface area contributed by atoms with Gasteiger partial charge < -0.3 is 20.4 Å². The lowest BCUT2D eigenvalue weighted by atomic mass is 10.1. The third-order valence-electron chi connectivity index (χ3n) is 6.82. The summed E-state index contributed by atoms with van der Waals surface area (Å²) in [7, 11) is 0. The Bertz CT molecular complexity index is 606. The summed E-state index contributed by atoms with van der Waals surface area (Å²) >= 11 is 0. The van der Waals surface area contributed by atoms with Gasteiger partial charge in [-0.25, -0.2) is 0 Å². The molecule has 0 aromatic heterocycles. The van der Waals surface area contributed by atoms with Gasteiger partial charge in [0.05, 0.1) is 22.7 Å². The maximum absolute atomic E-state index is 6.84. The first-order valence-corrected chi connectivity index (χ1v) is 14.8. The van der Waals surface area contributed by atoms with Gasteiger partial charge in [-0.05, 0) is 50.7 Å². The number of hydrogen-bond donors (Lipinski definition) is 1. The molecular formula is C30H58N4. The van der Waals surface area contributed by atoms with Crippen molar-refractivity contribution in [1.29, 1.82) is 0 Å². The molecule has 0 amide bonds. The number of nitrogens with two attached hydrogens (primary N) is 1. The number of anilines is 4. The summed E-state index contributed by atoms with van der Waals surface area (Å²) in [5.41, 5.74) is 11.9. The van der Waals surface area contributed by atoms with Gasteiger partial charge in [0.25, 0.3) is 0 Å². The Kier molecular flexibility index (Phi) is 16.8. The highest BCUT2D eigenvalue weighted by Crippen LogP contribution is 2.44. The Balaban J connectivity index is 3.70. The van der Waals surface area contributed by atoms with E-state index in [-0.39, 0.29) is 0 Å². The van der Waals surface area contributed by atoms with Crippen LogP contribution in [0.2, 0.25) is 0 Å². The molecule has 198 valence electrons. The van der Waals surface area contributed by atoms with Crippen molar-refractivity contribution in [2.45, 2.75) is 119 Å². The molecule has 0 unspecified atom stereocenters. The summed E-state index contributed by atoms with van der Waals surface area (Å²) in [5, 5.41) is 0. The predicted octanol–water partition coefficient (Wildman–Crippen LogP) is 8.49. The van der Waals surface area contributed by atoms with Crippen LogP contribution in [0.1, 0.15) is 119 Å². The normalized spacial score (nSPS) is 11.1. The minimum atomic E-state index is 0.954. The Morgan fingerprint density at radius 1 is 0.471 bits per heavy atom. The monoisotopic (exact) mass is 474 g/mol. The second-order valence-electron chi connectivity index (χ2n) is 9.95. The van der Waals surface area contributed by atoms with Crippen molar-refractivity contribution >= 4 is 22.7 Å². The first-order chi connectivity index (χ1) is 16.6. The molecule has 0 aliphatic heterocycles. The Morgan fingerprint density at radius 3 is 1.15 bits per heavy atom. The number of hydrogen-bond acceptors (Lipinski definition) is 4. The van der Waals surface area contributed by atoms with Gasteiger partial charge in [0.15, 0.2) is 0 Å². The van der Waals surface area contributed by atoms with E-state index in [0.717, 1.165) is 45.0 Å². The molecule has 0 heterocycles. The molecule has 4 nitrogen and oxygen atoms in total. The SMILES string of the molecule is CCCCN(CCCC)c1ccc(N)c(N(CCCC)CCCC)c1N(CCCC)CCCC. The molecule has 4 heteroatoms. The molecule has 34 heavy (non-hydrogen) atoms. The number of benzene rings is 1. The van der Waals surface area contributed by atoms with Crippen LogP contribution >= 0.6 is 0 Å². The molecule has 0 aliphatic carbocycles. The van der Waals surface area contributed by atoms with Crippen LogP contribution in [0.25, 0.3) is 0 Å². The molecule has 0 saturated carbocycles. The third-order valence-corrected chi connectivity index (χ3v) is 6.82. The number of unbranched alkanes of at least 4 members (excludes halogenated alkanes) is 6. The molecule has 0 atom stereocenters. The van der Waals surface area contributed by atoms with Crippen LogP contribution in [0.5, 0.6) is 0 Å². The molecule has 0 fully saturated rings. The molecule has 1 aromatic rings. The van der Waals surface area contributed by atoms with Gasteiger partial charge in [0.2, 0.25) is 0 Å². The highest BCUT2D eigenvalue weighted by atomic mass is 15.2. The van der Waals surface area contributed by atoms with Crippen molar-refractivity contribution < 1.29 is 0 Å². The zero-order chi connectivity index (χ0) is 25.2. The lowest BCUT2D eigenvalue weighted by Crippen LogP contribution is -2.35. The Morgan fingerprint density at radius 2 is 0.794 bits per heavy atom. The molecule has 0 spiro atoms. The first-order valence-electron chi connectivity index (χ1n) is 14.8. The minimum Gasteiger partial charge on any atom is -0.397 e. The average Bonchev–Trinajstić information content (AvgIpc) is 2.85. The van der Waals surface area contributed by atoms with Crippen molar-refractivity contribution in [3.63, 3.8) is 0 Å². The van der Waals surface area contributed by atoms with Gasteiger partial charge in [-0.15, -0.1) is 0 Å². The fourth-order valence-corrected chi connectivity index (χ4v) is 4.60. The quantitative estimate of drug-likeness (QED) is 0.181. The van der Waals surface area contributed by atoms with Crippen LogP contribution in [-0.2, 0) is 0 Å². The zero-order valence-electron chi connectivity index (χ0n) is 23.8. The average molecular weight is 475 g/mol. The van der Waals surface area contributed by atoms with Crippen molar-refractivity contribution in [1.82, 2.24) is 0 Å². The Labute approximate surface area is 213 Å². The Hall–Kier alpha value is -1.58. The largest absolute Gasteiger partial charge is 0.397 e. The summed E-state index contributed by atoms with van der Waals surface area (Å²) in [6.07, 6.45) is 14.7. The van der Waals surface area contributed by atoms with Crippen LogP contribution in [0.3, 0.4) is 0 Å². The molecule has 1 aromatic carbocycles. The molecule has 2 N–H and O–H groups in total. The van der Waals surface area contributed by atoms with E-state index in [0.29, 0.717) is 0 Å². The van der Waals surface area contributed by atoms with Crippen LogP contribution in [0.15, 0.2) is 12.1 Å². The zero-order valence-corrected chi connectivity index (χ0v) is 23.8. The first kappa shape index (κ1) is 30.5. The maximum Gasteiger partial charge on any atom is 0.0863 e. The van der Waals surface area contributed by atoms with E-state index in [4.69, 9.17) is 5.73 Å². The maximum atomic E-state index is 6.84. The van der Waals surface area contributed by atoms with E-state index in [1.807, 2.05) is 0 Å². The fourth-order valence-electron chi connectivity index (χ4n) is 4.60. The van der Waals surface area contributed by atoms with Gasteiger partial charge in [0, 0.05) is 39.3 Å². The smallest absolute Gasteiger partial charge is 0.0863 e. The topological polar surface area (TPSA) is 35.7 Å². The highest BCUT2D eigenvalue weighted by Gasteiger charge is 2.25. The van der Waals surface area contributed by atoms with Gasteiger partial charge in [0.1, 0.15) is 0 Å². The lowest BCUT2D eigenvalue weighted by molar-refractivity contribution is 0.653. The molecule has 1 rings (SSSR count). The molecule has 0 bridgehead atoms. The summed E-state index contributed by atoms with van der Waals surface area (Å²) < 4.78 is 0. The second-order valence-corrected chi connectivity index (χ2v) is 9.95. The van der Waals surface area contributed by atoms with Crippen LogP contribution in [-0.4, -0.2) is 39.3 Å². The van der Waals surface area contributed by atoms with E-state index >= 15 is 0 Å². The highest BCUT2D eigenvalue weighted by molar-refractivity contribution is 5.92. The van der Waals surface area contributed by atoms with Crippen molar-refractivity contribution in [3.05, 3.63) is 12.1 Å². The molecule has 0 aliphatic rings. The van der Waals surface area contributed by atoms with Crippen molar-refractivity contribution in [2.75, 3.05) is 59.7 Å². The van der Waals surface area contributed by atoms with E-state index in [2.05, 4.69) is 68.4 Å². The standard InChI is InChI=1S/C30H58N4/c1-7-13-21-32(22-14-8-2)28-20-19-27(31)29(33(23-15-9-3)24-16-10-4)30(28)34(25-17-11-5)26-18-12-6/h19-20H,7-18,21-26,31H2,1-6H3. The van der Waals surface area contributed by atoms with Gasteiger partial charge in [-0.1, -0.05) is 80.1 Å². The number of rotatable bonds is 21. The summed E-state index contributed by atoms with van der Waals surface area (Å²) in [6.45, 7) is 20.5. The summed E-state index contributed by atoms with van der Waals surface area (Å²) in [5.74, 6) is 0. The van der Waals surface area contributed by atoms with Crippen LogP contribution < -0.4 is 20.4 Å². The van der Waals surface area contributed by atoms with E-state index in [1.165, 1.54) is 94.1 Å². The summed E-state index contributed by atoms with van der Waals surface area (Å²) in [4.78, 5) is 8.00. The minimum absolute atomic E-state index is 0.954. The summed E-state index contributed by atoms with van der Waals surface area (Å²) in [6, 6.07) is 4.53. The van der Waals surface area contributed by atoms with Gasteiger partial charge >= 0.3 is 0 Å². The van der Waals surface area contributed by atoms with Crippen molar-refractivity contribution in [2.24, 2.45) is 0 Å². The second kappa shape index (κ2) is 18.7. The predicted molar refractivity (Wildman–Crippen MR) is 157 cm³/mol. The van der Waals surface area contributed by atoms with Gasteiger partial charge in [-0.3, -0.25) is 0 Å². The lowest BCUT2D eigenvalue weighted by Gasteiger charge is -2.38. The van der Waals surface area contributed by atoms with Crippen molar-refractivity contribution in [3.8, 4) is 0 Å². The third kappa shape index (κ3) is 9.96. The number of nitrogens with zero attached hydrogens (tertiary/aromatic N) is 3. The molecular weight excluding hydrogens is 416 g/mol. The fraction of sp³-hybridized carbons (Fsp3) is 0.800. The van der Waals surface area contributed by atoms with E-state index < -0.39 is 0 Å².